The van der Waals surface area contributed by atoms with Gasteiger partial charge in [-0.15, -0.1) is 0 Å². The number of hydrogen-bond acceptors (Lipinski definition) is 5. The maximum Gasteiger partial charge on any atom is 0.251 e. The lowest BCUT2D eigenvalue weighted by Crippen LogP contribution is -2.26. The van der Waals surface area contributed by atoms with Gasteiger partial charge in [0.2, 0.25) is 0 Å². The number of anilines is 1. The second-order valence-corrected chi connectivity index (χ2v) is 9.27. The molecule has 1 amide bonds. The van der Waals surface area contributed by atoms with Gasteiger partial charge in [-0.3, -0.25) is 4.79 Å². The summed E-state index contributed by atoms with van der Waals surface area (Å²) in [5.74, 6) is 0.643. The summed E-state index contributed by atoms with van der Waals surface area (Å²) in [5.41, 5.74) is 2.75. The minimum atomic E-state index is -2.96. The summed E-state index contributed by atoms with van der Waals surface area (Å²) >= 11 is 0. The third kappa shape index (κ3) is 4.17. The van der Waals surface area contributed by atoms with Crippen LogP contribution in [0.3, 0.4) is 0 Å². The van der Waals surface area contributed by atoms with Crippen molar-refractivity contribution in [2.75, 3.05) is 23.4 Å². The molecule has 2 aromatic heterocycles. The van der Waals surface area contributed by atoms with Crippen molar-refractivity contribution in [2.45, 2.75) is 18.9 Å². The highest BCUT2D eigenvalue weighted by molar-refractivity contribution is 7.91. The molecule has 0 spiro atoms. The second kappa shape index (κ2) is 7.63. The maximum absolute atomic E-state index is 12.5. The summed E-state index contributed by atoms with van der Waals surface area (Å²) in [6.07, 6.45) is 4.82. The molecule has 3 heterocycles. The first-order chi connectivity index (χ1) is 13.5. The lowest BCUT2D eigenvalue weighted by molar-refractivity contribution is 0.0954. The predicted molar refractivity (Wildman–Crippen MR) is 109 cm³/mol. The van der Waals surface area contributed by atoms with Crippen LogP contribution < -0.4 is 10.6 Å². The normalized spacial score (nSPS) is 18.2. The third-order valence-electron chi connectivity index (χ3n) is 4.96. The Morgan fingerprint density at radius 1 is 1.25 bits per heavy atom. The highest BCUT2D eigenvalue weighted by Crippen LogP contribution is 2.18. The fourth-order valence-electron chi connectivity index (χ4n) is 3.52. The number of aromatic nitrogens is 2. The van der Waals surface area contributed by atoms with Crippen LogP contribution in [-0.4, -0.2) is 48.4 Å². The van der Waals surface area contributed by atoms with E-state index in [2.05, 4.69) is 26.7 Å². The minimum Gasteiger partial charge on any atom is -0.366 e. The first-order valence-electron chi connectivity index (χ1n) is 9.26. The molecule has 0 saturated carbocycles. The largest absolute Gasteiger partial charge is 0.366 e. The highest BCUT2D eigenvalue weighted by Gasteiger charge is 2.28. The van der Waals surface area contributed by atoms with Gasteiger partial charge in [-0.1, -0.05) is 18.2 Å². The number of para-hydroxylation sites is 1. The summed E-state index contributed by atoms with van der Waals surface area (Å²) in [4.78, 5) is 19.9. The standard InChI is InChI=1S/C20H22N4O3S/c25-20(22-9-6-15-12-23-18-4-2-1-3-17(15)18)14-5-8-21-19(11-14)24-16-7-10-28(26,27)13-16/h1-5,8,11-12,16,23H,6-7,9-10,13H2,(H,21,24)(H,22,25). The van der Waals surface area contributed by atoms with Crippen molar-refractivity contribution >= 4 is 32.5 Å². The molecule has 146 valence electrons. The molecule has 1 fully saturated rings. The monoisotopic (exact) mass is 398 g/mol. The van der Waals surface area contributed by atoms with Crippen LogP contribution in [0.2, 0.25) is 0 Å². The summed E-state index contributed by atoms with van der Waals surface area (Å²) in [6, 6.07) is 11.2. The van der Waals surface area contributed by atoms with Gasteiger partial charge in [0.15, 0.2) is 9.84 Å². The van der Waals surface area contributed by atoms with Crippen molar-refractivity contribution in [1.82, 2.24) is 15.3 Å². The van der Waals surface area contributed by atoms with Gasteiger partial charge in [0.05, 0.1) is 11.5 Å². The minimum absolute atomic E-state index is 0.107. The molecular weight excluding hydrogens is 376 g/mol. The van der Waals surface area contributed by atoms with Crippen LogP contribution >= 0.6 is 0 Å². The first kappa shape index (κ1) is 18.5. The molecule has 8 heteroatoms. The number of rotatable bonds is 6. The van der Waals surface area contributed by atoms with E-state index in [1.807, 2.05) is 24.4 Å². The van der Waals surface area contributed by atoms with E-state index in [4.69, 9.17) is 0 Å². The highest BCUT2D eigenvalue weighted by atomic mass is 32.2. The quantitative estimate of drug-likeness (QED) is 0.590. The molecule has 7 nitrogen and oxygen atoms in total. The SMILES string of the molecule is O=C(NCCc1c[nH]c2ccccc12)c1ccnc(NC2CCS(=O)(=O)C2)c1. The molecule has 4 rings (SSSR count). The average Bonchev–Trinajstić information content (AvgIpc) is 3.25. The van der Waals surface area contributed by atoms with E-state index in [0.29, 0.717) is 24.3 Å². The van der Waals surface area contributed by atoms with Gasteiger partial charge in [0.1, 0.15) is 5.82 Å². The number of fused-ring (bicyclic) bond motifs is 1. The van der Waals surface area contributed by atoms with Gasteiger partial charge in [-0.2, -0.15) is 0 Å². The molecule has 1 aliphatic heterocycles. The Labute approximate surface area is 163 Å². The molecule has 1 unspecified atom stereocenters. The van der Waals surface area contributed by atoms with Crippen LogP contribution in [0.25, 0.3) is 10.9 Å². The fraction of sp³-hybridized carbons (Fsp3) is 0.300. The van der Waals surface area contributed by atoms with Crippen molar-refractivity contribution in [3.63, 3.8) is 0 Å². The van der Waals surface area contributed by atoms with Crippen molar-refractivity contribution in [2.24, 2.45) is 0 Å². The molecule has 3 aromatic rings. The molecule has 3 N–H and O–H groups in total. The number of pyridine rings is 1. The van der Waals surface area contributed by atoms with Crippen molar-refractivity contribution in [3.8, 4) is 0 Å². The molecule has 0 bridgehead atoms. The Bertz CT molecular complexity index is 1110. The Morgan fingerprint density at radius 3 is 2.93 bits per heavy atom. The van der Waals surface area contributed by atoms with E-state index in [-0.39, 0.29) is 23.5 Å². The van der Waals surface area contributed by atoms with Crippen LogP contribution in [0.15, 0.2) is 48.8 Å². The molecule has 28 heavy (non-hydrogen) atoms. The number of nitrogens with one attached hydrogen (secondary N) is 3. The number of carbonyl (C=O) groups is 1. The zero-order valence-corrected chi connectivity index (χ0v) is 16.1. The van der Waals surface area contributed by atoms with Crippen LogP contribution in [0.1, 0.15) is 22.3 Å². The first-order valence-corrected chi connectivity index (χ1v) is 11.1. The van der Waals surface area contributed by atoms with E-state index in [1.54, 1.807) is 18.3 Å². The molecule has 1 aliphatic rings. The number of benzene rings is 1. The lowest BCUT2D eigenvalue weighted by atomic mass is 10.1. The average molecular weight is 398 g/mol. The van der Waals surface area contributed by atoms with E-state index < -0.39 is 9.84 Å². The number of amides is 1. The number of sulfone groups is 1. The number of H-pyrrole nitrogens is 1. The van der Waals surface area contributed by atoms with Crippen molar-refractivity contribution in [3.05, 3.63) is 59.9 Å². The number of carbonyl (C=O) groups excluding carboxylic acids is 1. The summed E-state index contributed by atoms with van der Waals surface area (Å²) in [5, 5.41) is 7.21. The summed E-state index contributed by atoms with van der Waals surface area (Å²) in [6.45, 7) is 0.520. The summed E-state index contributed by atoms with van der Waals surface area (Å²) in [7, 11) is -2.96. The van der Waals surface area contributed by atoms with Gasteiger partial charge < -0.3 is 15.6 Å². The summed E-state index contributed by atoms with van der Waals surface area (Å²) < 4.78 is 23.2. The Balaban J connectivity index is 1.34. The topological polar surface area (TPSA) is 104 Å². The molecule has 0 radical (unpaired) electrons. The zero-order valence-electron chi connectivity index (χ0n) is 15.3. The van der Waals surface area contributed by atoms with Gasteiger partial charge in [0, 0.05) is 41.4 Å². The van der Waals surface area contributed by atoms with Gasteiger partial charge >= 0.3 is 0 Å². The molecule has 1 saturated heterocycles. The second-order valence-electron chi connectivity index (χ2n) is 7.04. The lowest BCUT2D eigenvalue weighted by Gasteiger charge is -2.12. The molecule has 0 aliphatic carbocycles. The Hall–Kier alpha value is -2.87. The van der Waals surface area contributed by atoms with Crippen LogP contribution in [0, 0.1) is 0 Å². The van der Waals surface area contributed by atoms with E-state index in [9.17, 15) is 13.2 Å². The van der Waals surface area contributed by atoms with Crippen molar-refractivity contribution in [1.29, 1.82) is 0 Å². The number of aromatic amines is 1. The molecule has 1 atom stereocenters. The predicted octanol–water partition coefficient (Wildman–Crippen LogP) is 2.13. The maximum atomic E-state index is 12.5. The zero-order chi connectivity index (χ0) is 19.6. The Kier molecular flexibility index (Phi) is 5.04. The van der Waals surface area contributed by atoms with E-state index >= 15 is 0 Å². The van der Waals surface area contributed by atoms with Gasteiger partial charge in [-0.05, 0) is 36.6 Å². The molecule has 1 aromatic carbocycles. The van der Waals surface area contributed by atoms with Crippen molar-refractivity contribution < 1.29 is 13.2 Å². The number of nitrogens with zero attached hydrogens (tertiary/aromatic N) is 1. The smallest absolute Gasteiger partial charge is 0.251 e. The van der Waals surface area contributed by atoms with Crippen LogP contribution in [0.5, 0.6) is 0 Å². The van der Waals surface area contributed by atoms with Crippen LogP contribution in [-0.2, 0) is 16.3 Å². The van der Waals surface area contributed by atoms with E-state index in [1.165, 1.54) is 5.39 Å². The van der Waals surface area contributed by atoms with E-state index in [0.717, 1.165) is 17.5 Å². The van der Waals surface area contributed by atoms with Gasteiger partial charge in [0.25, 0.3) is 5.91 Å². The third-order valence-corrected chi connectivity index (χ3v) is 6.73. The number of hydrogen-bond donors (Lipinski definition) is 3. The van der Waals surface area contributed by atoms with Crippen LogP contribution in [0.4, 0.5) is 5.82 Å². The Morgan fingerprint density at radius 2 is 2.11 bits per heavy atom. The molecular formula is C20H22N4O3S. The fourth-order valence-corrected chi connectivity index (χ4v) is 5.19. The van der Waals surface area contributed by atoms with Gasteiger partial charge in [-0.25, -0.2) is 13.4 Å².